The Bertz CT molecular complexity index is 625. The first-order chi connectivity index (χ1) is 9.56. The third-order valence-corrected chi connectivity index (χ3v) is 2.91. The fourth-order valence-electron chi connectivity index (χ4n) is 1.81. The van der Waals surface area contributed by atoms with Crippen LogP contribution in [0.25, 0.3) is 5.69 Å². The molecule has 2 aromatic rings. The predicted octanol–water partition coefficient (Wildman–Crippen LogP) is 1.23. The number of amides is 1. The van der Waals surface area contributed by atoms with E-state index in [1.165, 1.54) is 4.57 Å². The number of aromatic nitrogens is 2. The molecule has 106 valence electrons. The first-order valence-corrected chi connectivity index (χ1v) is 6.48. The monoisotopic (exact) mass is 274 g/mol. The lowest BCUT2D eigenvalue weighted by molar-refractivity contribution is -0.116. The van der Waals surface area contributed by atoms with Crippen molar-refractivity contribution in [2.24, 2.45) is 5.73 Å². The van der Waals surface area contributed by atoms with E-state index < -0.39 is 0 Å². The van der Waals surface area contributed by atoms with Gasteiger partial charge in [0.25, 0.3) is 0 Å². The van der Waals surface area contributed by atoms with Crippen molar-refractivity contribution in [1.82, 2.24) is 9.55 Å². The van der Waals surface area contributed by atoms with Gasteiger partial charge in [-0.25, -0.2) is 4.79 Å². The summed E-state index contributed by atoms with van der Waals surface area (Å²) < 4.78 is 1.49. The predicted molar refractivity (Wildman–Crippen MR) is 77.9 cm³/mol. The van der Waals surface area contributed by atoms with Crippen LogP contribution >= 0.6 is 0 Å². The highest BCUT2D eigenvalue weighted by Gasteiger charge is 2.05. The highest BCUT2D eigenvalue weighted by atomic mass is 16.2. The van der Waals surface area contributed by atoms with Crippen molar-refractivity contribution in [2.45, 2.75) is 25.8 Å². The quantitative estimate of drug-likeness (QED) is 0.765. The number of nitrogens with zero attached hydrogens (tertiary/aromatic N) is 1. The van der Waals surface area contributed by atoms with E-state index in [2.05, 4.69) is 10.3 Å². The standard InChI is InChI=1S/C14H18N4O2/c1-10(15)2-7-13(19)17-11-3-5-12(6-4-11)18-9-8-16-14(18)20/h3-6,8-10H,2,7,15H2,1H3,(H,16,20)(H,17,19). The number of nitrogens with two attached hydrogens (primary N) is 1. The zero-order valence-corrected chi connectivity index (χ0v) is 11.3. The summed E-state index contributed by atoms with van der Waals surface area (Å²) in [5.74, 6) is -0.0612. The summed E-state index contributed by atoms with van der Waals surface area (Å²) in [5.41, 5.74) is 6.85. The van der Waals surface area contributed by atoms with Crippen molar-refractivity contribution in [3.05, 3.63) is 47.1 Å². The van der Waals surface area contributed by atoms with Crippen LogP contribution in [-0.2, 0) is 4.79 Å². The molecule has 1 amide bonds. The maximum absolute atomic E-state index is 11.7. The number of carbonyl (C=O) groups is 1. The van der Waals surface area contributed by atoms with E-state index in [1.54, 1.807) is 36.7 Å². The summed E-state index contributed by atoms with van der Waals surface area (Å²) in [6.07, 6.45) is 4.28. The minimum atomic E-state index is -0.196. The van der Waals surface area contributed by atoms with Crippen LogP contribution in [0.4, 0.5) is 5.69 Å². The van der Waals surface area contributed by atoms with Crippen molar-refractivity contribution >= 4 is 11.6 Å². The fraction of sp³-hybridized carbons (Fsp3) is 0.286. The van der Waals surface area contributed by atoms with Crippen LogP contribution in [0, 0.1) is 0 Å². The molecule has 0 radical (unpaired) electrons. The number of rotatable bonds is 5. The molecule has 0 aliphatic heterocycles. The Kier molecular flexibility index (Phi) is 4.37. The van der Waals surface area contributed by atoms with Gasteiger partial charge >= 0.3 is 5.69 Å². The maximum atomic E-state index is 11.7. The molecule has 2 rings (SSSR count). The van der Waals surface area contributed by atoms with Crippen LogP contribution in [0.5, 0.6) is 0 Å². The zero-order chi connectivity index (χ0) is 14.5. The van der Waals surface area contributed by atoms with Crippen LogP contribution in [0.15, 0.2) is 41.5 Å². The Labute approximate surface area is 116 Å². The number of hydrogen-bond donors (Lipinski definition) is 3. The normalized spacial score (nSPS) is 12.1. The van der Waals surface area contributed by atoms with Crippen molar-refractivity contribution < 1.29 is 4.79 Å². The largest absolute Gasteiger partial charge is 0.330 e. The lowest BCUT2D eigenvalue weighted by atomic mass is 10.2. The molecule has 0 bridgehead atoms. The first-order valence-electron chi connectivity index (χ1n) is 6.48. The SMILES string of the molecule is CC(N)CCC(=O)Nc1ccc(-n2cc[nH]c2=O)cc1. The molecule has 0 saturated heterocycles. The second-order valence-electron chi connectivity index (χ2n) is 4.75. The van der Waals surface area contributed by atoms with E-state index in [0.29, 0.717) is 18.5 Å². The number of H-pyrrole nitrogens is 1. The zero-order valence-electron chi connectivity index (χ0n) is 11.3. The second kappa shape index (κ2) is 6.21. The minimum Gasteiger partial charge on any atom is -0.328 e. The topological polar surface area (TPSA) is 92.9 Å². The Morgan fingerprint density at radius 2 is 2.10 bits per heavy atom. The van der Waals surface area contributed by atoms with Gasteiger partial charge in [-0.2, -0.15) is 0 Å². The molecule has 1 aromatic carbocycles. The second-order valence-corrected chi connectivity index (χ2v) is 4.75. The molecule has 0 saturated carbocycles. The number of hydrogen-bond acceptors (Lipinski definition) is 3. The summed E-state index contributed by atoms with van der Waals surface area (Å²) >= 11 is 0. The molecule has 6 heteroatoms. The number of benzene rings is 1. The van der Waals surface area contributed by atoms with E-state index in [9.17, 15) is 9.59 Å². The number of imidazole rings is 1. The number of aromatic amines is 1. The summed E-state index contributed by atoms with van der Waals surface area (Å²) in [7, 11) is 0. The average molecular weight is 274 g/mol. The number of anilines is 1. The van der Waals surface area contributed by atoms with Crippen LogP contribution in [0.2, 0.25) is 0 Å². The lowest BCUT2D eigenvalue weighted by Gasteiger charge is -2.08. The van der Waals surface area contributed by atoms with Crippen LogP contribution < -0.4 is 16.7 Å². The van der Waals surface area contributed by atoms with Crippen LogP contribution in [0.1, 0.15) is 19.8 Å². The smallest absolute Gasteiger partial charge is 0.328 e. The molecule has 0 fully saturated rings. The van der Waals surface area contributed by atoms with Gasteiger partial charge < -0.3 is 16.0 Å². The molecule has 0 aliphatic rings. The summed E-state index contributed by atoms with van der Waals surface area (Å²) in [6.45, 7) is 1.87. The van der Waals surface area contributed by atoms with Crippen molar-refractivity contribution in [2.75, 3.05) is 5.32 Å². The maximum Gasteiger partial charge on any atom is 0.330 e. The molecule has 1 atom stereocenters. The molecular formula is C14H18N4O2. The number of carbonyl (C=O) groups excluding carboxylic acids is 1. The van der Waals surface area contributed by atoms with Gasteiger partial charge in [-0.15, -0.1) is 0 Å². The Morgan fingerprint density at radius 1 is 1.40 bits per heavy atom. The molecule has 4 N–H and O–H groups in total. The van der Waals surface area contributed by atoms with E-state index in [-0.39, 0.29) is 17.6 Å². The van der Waals surface area contributed by atoms with Gasteiger partial charge in [0.15, 0.2) is 0 Å². The van der Waals surface area contributed by atoms with Crippen LogP contribution in [0.3, 0.4) is 0 Å². The summed E-state index contributed by atoms with van der Waals surface area (Å²) in [4.78, 5) is 25.7. The summed E-state index contributed by atoms with van der Waals surface area (Å²) in [6, 6.07) is 7.09. The third kappa shape index (κ3) is 3.58. The fourth-order valence-corrected chi connectivity index (χ4v) is 1.81. The van der Waals surface area contributed by atoms with E-state index in [1.807, 2.05) is 6.92 Å². The van der Waals surface area contributed by atoms with Gasteiger partial charge in [0.1, 0.15) is 0 Å². The number of nitrogens with one attached hydrogen (secondary N) is 2. The molecule has 0 spiro atoms. The van der Waals surface area contributed by atoms with E-state index >= 15 is 0 Å². The average Bonchev–Trinajstić information content (AvgIpc) is 2.84. The first kappa shape index (κ1) is 14.1. The summed E-state index contributed by atoms with van der Waals surface area (Å²) in [5, 5.41) is 2.79. The highest BCUT2D eigenvalue weighted by molar-refractivity contribution is 5.90. The highest BCUT2D eigenvalue weighted by Crippen LogP contribution is 2.12. The van der Waals surface area contributed by atoms with E-state index in [4.69, 9.17) is 5.73 Å². The molecule has 1 heterocycles. The van der Waals surface area contributed by atoms with Gasteiger partial charge in [0.2, 0.25) is 5.91 Å². The van der Waals surface area contributed by atoms with Gasteiger partial charge in [0, 0.05) is 30.5 Å². The molecule has 20 heavy (non-hydrogen) atoms. The van der Waals surface area contributed by atoms with Crippen molar-refractivity contribution in [3.63, 3.8) is 0 Å². The van der Waals surface area contributed by atoms with Gasteiger partial charge in [-0.1, -0.05) is 0 Å². The van der Waals surface area contributed by atoms with E-state index in [0.717, 1.165) is 5.69 Å². The van der Waals surface area contributed by atoms with Gasteiger partial charge in [-0.3, -0.25) is 9.36 Å². The van der Waals surface area contributed by atoms with Crippen molar-refractivity contribution in [1.29, 1.82) is 0 Å². The lowest BCUT2D eigenvalue weighted by Crippen LogP contribution is -2.19. The van der Waals surface area contributed by atoms with Crippen LogP contribution in [-0.4, -0.2) is 21.5 Å². The Balaban J connectivity index is 2.00. The van der Waals surface area contributed by atoms with Crippen molar-refractivity contribution in [3.8, 4) is 5.69 Å². The molecule has 1 unspecified atom stereocenters. The van der Waals surface area contributed by atoms with Gasteiger partial charge in [0.05, 0.1) is 5.69 Å². The molecule has 1 aromatic heterocycles. The molecular weight excluding hydrogens is 256 g/mol. The Morgan fingerprint density at radius 3 is 2.65 bits per heavy atom. The van der Waals surface area contributed by atoms with Gasteiger partial charge in [-0.05, 0) is 37.6 Å². The molecule has 6 nitrogen and oxygen atoms in total. The third-order valence-electron chi connectivity index (χ3n) is 2.91. The Hall–Kier alpha value is -2.34. The molecule has 0 aliphatic carbocycles. The minimum absolute atomic E-state index is 0.0172.